The molecule has 0 aromatic heterocycles. The Morgan fingerprint density at radius 1 is 1.43 bits per heavy atom. The number of halogens is 1. The third-order valence-electron chi connectivity index (χ3n) is 4.75. The van der Waals surface area contributed by atoms with Gasteiger partial charge in [-0.1, -0.05) is 12.1 Å². The highest BCUT2D eigenvalue weighted by atomic mass is 19.1. The third kappa shape index (κ3) is 3.05. The number of morpholine rings is 1. The van der Waals surface area contributed by atoms with Crippen molar-refractivity contribution in [2.75, 3.05) is 25.0 Å². The van der Waals surface area contributed by atoms with Crippen molar-refractivity contribution in [1.82, 2.24) is 4.90 Å². The number of aryl methyl sites for hydroxylation is 1. The summed E-state index contributed by atoms with van der Waals surface area (Å²) in [4.78, 5) is 14.3. The van der Waals surface area contributed by atoms with Crippen molar-refractivity contribution < 1.29 is 18.7 Å². The molecule has 1 aromatic rings. The van der Waals surface area contributed by atoms with Gasteiger partial charge in [-0.3, -0.25) is 0 Å². The number of carbonyl (C=O) groups is 1. The predicted molar refractivity (Wildman–Crippen MR) is 85.0 cm³/mol. The molecule has 126 valence electrons. The summed E-state index contributed by atoms with van der Waals surface area (Å²) in [6.07, 6.45) is 0.622. The summed E-state index contributed by atoms with van der Waals surface area (Å²) < 4.78 is 25.7. The number of nitrogens with zero attached hydrogens (tertiary/aromatic N) is 1. The van der Waals surface area contributed by atoms with E-state index in [1.54, 1.807) is 24.0 Å². The van der Waals surface area contributed by atoms with E-state index >= 15 is 0 Å². The summed E-state index contributed by atoms with van der Waals surface area (Å²) in [5.41, 5.74) is 0.479. The van der Waals surface area contributed by atoms with Gasteiger partial charge in [-0.2, -0.15) is 0 Å². The number of anilines is 1. The lowest BCUT2D eigenvalue weighted by Gasteiger charge is -2.45. The predicted octanol–water partition coefficient (Wildman–Crippen LogP) is 2.93. The van der Waals surface area contributed by atoms with E-state index in [2.05, 4.69) is 5.32 Å². The maximum atomic E-state index is 13.9. The molecule has 5 nitrogen and oxygen atoms in total. The fourth-order valence-corrected chi connectivity index (χ4v) is 3.43. The van der Waals surface area contributed by atoms with Crippen LogP contribution in [-0.2, 0) is 9.47 Å². The molecule has 2 amide bonds. The van der Waals surface area contributed by atoms with Gasteiger partial charge in [0, 0.05) is 19.6 Å². The van der Waals surface area contributed by atoms with Gasteiger partial charge in [0.05, 0.1) is 24.4 Å². The molecule has 0 saturated carbocycles. The average molecular weight is 322 g/mol. The zero-order chi connectivity index (χ0) is 16.6. The molecule has 2 aliphatic heterocycles. The Balaban J connectivity index is 1.77. The van der Waals surface area contributed by atoms with Crippen LogP contribution in [0.15, 0.2) is 18.2 Å². The first-order valence-corrected chi connectivity index (χ1v) is 8.02. The second-order valence-electron chi connectivity index (χ2n) is 6.50. The highest BCUT2D eigenvalue weighted by Gasteiger charge is 2.48. The number of ether oxygens (including phenoxy) is 2. The molecular formula is C17H23FN2O3. The number of carbonyl (C=O) groups excluding carboxylic acids is 1. The third-order valence-corrected chi connectivity index (χ3v) is 4.75. The molecule has 6 heteroatoms. The molecule has 2 saturated heterocycles. The maximum absolute atomic E-state index is 13.9. The molecule has 2 fully saturated rings. The Kier molecular flexibility index (Phi) is 4.29. The van der Waals surface area contributed by atoms with E-state index in [0.29, 0.717) is 25.3 Å². The molecule has 1 aromatic carbocycles. The van der Waals surface area contributed by atoms with E-state index in [4.69, 9.17) is 9.47 Å². The Morgan fingerprint density at radius 2 is 2.22 bits per heavy atom. The van der Waals surface area contributed by atoms with Gasteiger partial charge in [0.25, 0.3) is 0 Å². The first kappa shape index (κ1) is 16.2. The summed E-state index contributed by atoms with van der Waals surface area (Å²) in [6.45, 7) is 7.26. The van der Waals surface area contributed by atoms with Crippen LogP contribution in [0.25, 0.3) is 0 Å². The van der Waals surface area contributed by atoms with Crippen LogP contribution in [-0.4, -0.2) is 48.4 Å². The van der Waals surface area contributed by atoms with Gasteiger partial charge in [-0.15, -0.1) is 0 Å². The van der Waals surface area contributed by atoms with Crippen molar-refractivity contribution in [3.8, 4) is 0 Å². The van der Waals surface area contributed by atoms with Crippen molar-refractivity contribution in [3.05, 3.63) is 29.6 Å². The lowest BCUT2D eigenvalue weighted by Crippen LogP contribution is -2.60. The van der Waals surface area contributed by atoms with E-state index < -0.39 is 11.4 Å². The SMILES string of the molecule is Cc1cccc(F)c1NC(=O)N1C[C@H](C)O[C@@]2(CCO[C@@H]2C)C1. The van der Waals surface area contributed by atoms with Gasteiger partial charge in [-0.05, 0) is 32.4 Å². The minimum absolute atomic E-state index is 0.0595. The van der Waals surface area contributed by atoms with Gasteiger partial charge >= 0.3 is 6.03 Å². The van der Waals surface area contributed by atoms with Crippen molar-refractivity contribution in [3.63, 3.8) is 0 Å². The zero-order valence-electron chi connectivity index (χ0n) is 13.8. The van der Waals surface area contributed by atoms with Crippen molar-refractivity contribution in [1.29, 1.82) is 0 Å². The van der Waals surface area contributed by atoms with Crippen LogP contribution in [0.3, 0.4) is 0 Å². The van der Waals surface area contributed by atoms with Gasteiger partial charge in [-0.25, -0.2) is 9.18 Å². The fraction of sp³-hybridized carbons (Fsp3) is 0.588. The van der Waals surface area contributed by atoms with Crippen LogP contribution in [0.1, 0.15) is 25.8 Å². The Labute approximate surface area is 135 Å². The first-order valence-electron chi connectivity index (χ1n) is 8.02. The smallest absolute Gasteiger partial charge is 0.322 e. The van der Waals surface area contributed by atoms with Crippen LogP contribution < -0.4 is 5.32 Å². The standard InChI is InChI=1S/C17H23FN2O3/c1-11-5-4-6-14(18)15(11)19-16(21)20-9-12(2)23-17(10-20)7-8-22-13(17)3/h4-6,12-13H,7-10H2,1-3H3,(H,19,21)/t12-,13+,17-/m0/s1. The van der Waals surface area contributed by atoms with Crippen molar-refractivity contribution in [2.45, 2.75) is 45.0 Å². The molecule has 0 aliphatic carbocycles. The number of urea groups is 1. The van der Waals surface area contributed by atoms with Gasteiger partial charge in [0.1, 0.15) is 11.4 Å². The number of nitrogens with one attached hydrogen (secondary N) is 1. The monoisotopic (exact) mass is 322 g/mol. The van der Waals surface area contributed by atoms with Crippen LogP contribution in [0.4, 0.5) is 14.9 Å². The van der Waals surface area contributed by atoms with Gasteiger partial charge < -0.3 is 19.7 Å². The van der Waals surface area contributed by atoms with Crippen molar-refractivity contribution in [2.24, 2.45) is 0 Å². The number of rotatable bonds is 1. The van der Waals surface area contributed by atoms with E-state index in [0.717, 1.165) is 6.42 Å². The fourth-order valence-electron chi connectivity index (χ4n) is 3.43. The van der Waals surface area contributed by atoms with Gasteiger partial charge in [0.15, 0.2) is 0 Å². The molecule has 3 atom stereocenters. The molecule has 0 bridgehead atoms. The number of hydrogen-bond donors (Lipinski definition) is 1. The minimum atomic E-state index is -0.459. The van der Waals surface area contributed by atoms with E-state index in [9.17, 15) is 9.18 Å². The lowest BCUT2D eigenvalue weighted by molar-refractivity contribution is -0.159. The number of amides is 2. The second kappa shape index (κ2) is 6.09. The molecule has 0 radical (unpaired) electrons. The topological polar surface area (TPSA) is 50.8 Å². The zero-order valence-corrected chi connectivity index (χ0v) is 13.8. The van der Waals surface area contributed by atoms with Gasteiger partial charge in [0.2, 0.25) is 0 Å². The quantitative estimate of drug-likeness (QED) is 0.865. The Morgan fingerprint density at radius 3 is 2.87 bits per heavy atom. The molecule has 23 heavy (non-hydrogen) atoms. The Bertz CT molecular complexity index is 589. The molecule has 3 rings (SSSR count). The highest BCUT2D eigenvalue weighted by Crippen LogP contribution is 2.35. The Hall–Kier alpha value is -1.66. The molecule has 1 N–H and O–H groups in total. The van der Waals surface area contributed by atoms with E-state index in [1.807, 2.05) is 13.8 Å². The van der Waals surface area contributed by atoms with E-state index in [-0.39, 0.29) is 23.9 Å². The number of benzene rings is 1. The molecule has 1 spiro atoms. The van der Waals surface area contributed by atoms with Crippen LogP contribution >= 0.6 is 0 Å². The summed E-state index contributed by atoms with van der Waals surface area (Å²) in [7, 11) is 0. The molecule has 0 unspecified atom stereocenters. The van der Waals surface area contributed by atoms with Crippen LogP contribution in [0, 0.1) is 12.7 Å². The van der Waals surface area contributed by atoms with Crippen LogP contribution in [0.2, 0.25) is 0 Å². The second-order valence-corrected chi connectivity index (χ2v) is 6.50. The summed E-state index contributed by atoms with van der Waals surface area (Å²) in [5, 5.41) is 2.71. The largest absolute Gasteiger partial charge is 0.375 e. The summed E-state index contributed by atoms with van der Waals surface area (Å²) in [6, 6.07) is 4.45. The first-order chi connectivity index (χ1) is 10.9. The summed E-state index contributed by atoms with van der Waals surface area (Å²) >= 11 is 0. The molecule has 2 heterocycles. The average Bonchev–Trinajstić information content (AvgIpc) is 2.82. The highest BCUT2D eigenvalue weighted by molar-refractivity contribution is 5.90. The molecule has 2 aliphatic rings. The molecular weight excluding hydrogens is 299 g/mol. The van der Waals surface area contributed by atoms with E-state index in [1.165, 1.54) is 6.07 Å². The maximum Gasteiger partial charge on any atom is 0.322 e. The number of hydrogen-bond acceptors (Lipinski definition) is 3. The lowest BCUT2D eigenvalue weighted by atomic mass is 9.93. The summed E-state index contributed by atoms with van der Waals surface area (Å²) in [5.74, 6) is -0.424. The van der Waals surface area contributed by atoms with Crippen molar-refractivity contribution >= 4 is 11.7 Å². The normalized spacial score (nSPS) is 30.7. The van der Waals surface area contributed by atoms with Crippen LogP contribution in [0.5, 0.6) is 0 Å². The number of para-hydroxylation sites is 1. The minimum Gasteiger partial charge on any atom is -0.375 e.